The molecule has 1 fully saturated rings. The van der Waals surface area contributed by atoms with Crippen molar-refractivity contribution < 1.29 is 14.3 Å². The lowest BCUT2D eigenvalue weighted by molar-refractivity contribution is -0.122. The molecule has 5 nitrogen and oxygen atoms in total. The second-order valence-electron chi connectivity index (χ2n) is 8.43. The lowest BCUT2D eigenvalue weighted by atomic mass is 10.1. The van der Waals surface area contributed by atoms with E-state index in [-0.39, 0.29) is 18.2 Å². The van der Waals surface area contributed by atoms with Crippen molar-refractivity contribution in [2.45, 2.75) is 13.3 Å². The van der Waals surface area contributed by atoms with Gasteiger partial charge in [-0.25, -0.2) is 0 Å². The number of nitrogens with zero attached hydrogens (tertiary/aromatic N) is 1. The summed E-state index contributed by atoms with van der Waals surface area (Å²) in [4.78, 5) is 27.0. The van der Waals surface area contributed by atoms with Crippen molar-refractivity contribution in [2.24, 2.45) is 5.92 Å². The Morgan fingerprint density at radius 1 is 1.00 bits per heavy atom. The molecule has 0 bridgehead atoms. The Morgan fingerprint density at radius 2 is 1.76 bits per heavy atom. The van der Waals surface area contributed by atoms with Crippen LogP contribution in [0.25, 0.3) is 10.8 Å². The van der Waals surface area contributed by atoms with E-state index in [1.54, 1.807) is 23.1 Å². The highest BCUT2D eigenvalue weighted by molar-refractivity contribution is 6.31. The number of hydrogen-bond acceptors (Lipinski definition) is 3. The van der Waals surface area contributed by atoms with Crippen LogP contribution < -0.4 is 15.0 Å². The van der Waals surface area contributed by atoms with Crippen molar-refractivity contribution in [3.8, 4) is 11.5 Å². The molecule has 0 aromatic heterocycles. The molecule has 5 rings (SSSR count). The summed E-state index contributed by atoms with van der Waals surface area (Å²) >= 11 is 6.21. The molecule has 4 aromatic rings. The monoisotopic (exact) mass is 470 g/mol. The Labute approximate surface area is 202 Å². The summed E-state index contributed by atoms with van der Waals surface area (Å²) in [6, 6.07) is 26.7. The van der Waals surface area contributed by atoms with E-state index in [0.717, 1.165) is 22.1 Å². The molecule has 0 radical (unpaired) electrons. The number of fused-ring (bicyclic) bond motifs is 1. The Hall–Kier alpha value is -3.83. The van der Waals surface area contributed by atoms with Crippen LogP contribution in [0.3, 0.4) is 0 Å². The quantitative estimate of drug-likeness (QED) is 0.358. The summed E-state index contributed by atoms with van der Waals surface area (Å²) < 4.78 is 6.07. The predicted molar refractivity (Wildman–Crippen MR) is 136 cm³/mol. The first-order valence-corrected chi connectivity index (χ1v) is 11.5. The Bertz CT molecular complexity index is 1380. The smallest absolute Gasteiger partial charge is 0.229 e. The highest BCUT2D eigenvalue weighted by Crippen LogP contribution is 2.31. The molecule has 1 heterocycles. The normalized spacial score (nSPS) is 15.5. The number of halogens is 1. The second kappa shape index (κ2) is 9.20. The fourth-order valence-corrected chi connectivity index (χ4v) is 4.32. The van der Waals surface area contributed by atoms with Crippen molar-refractivity contribution in [1.82, 2.24) is 0 Å². The first-order chi connectivity index (χ1) is 16.5. The van der Waals surface area contributed by atoms with Crippen molar-refractivity contribution in [3.05, 3.63) is 95.5 Å². The zero-order valence-corrected chi connectivity index (χ0v) is 19.4. The lowest BCUT2D eigenvalue weighted by Crippen LogP contribution is -2.28. The minimum Gasteiger partial charge on any atom is -0.457 e. The summed E-state index contributed by atoms with van der Waals surface area (Å²) in [6.45, 7) is 2.23. The molecule has 1 aliphatic rings. The highest BCUT2D eigenvalue weighted by Gasteiger charge is 2.35. The Kier molecular flexibility index (Phi) is 5.95. The third-order valence-electron chi connectivity index (χ3n) is 6.06. The summed E-state index contributed by atoms with van der Waals surface area (Å²) in [5, 5.41) is 5.66. The zero-order chi connectivity index (χ0) is 23.7. The molecule has 1 saturated heterocycles. The number of anilines is 2. The van der Waals surface area contributed by atoms with Crippen LogP contribution in [0.5, 0.6) is 11.5 Å². The maximum Gasteiger partial charge on any atom is 0.229 e. The van der Waals surface area contributed by atoms with Gasteiger partial charge in [-0.3, -0.25) is 9.59 Å². The van der Waals surface area contributed by atoms with Gasteiger partial charge in [0.15, 0.2) is 0 Å². The van der Waals surface area contributed by atoms with Gasteiger partial charge >= 0.3 is 0 Å². The van der Waals surface area contributed by atoms with Crippen LogP contribution in [0.1, 0.15) is 12.0 Å². The lowest BCUT2D eigenvalue weighted by Gasteiger charge is -2.17. The van der Waals surface area contributed by atoms with Crippen molar-refractivity contribution in [3.63, 3.8) is 0 Å². The fourth-order valence-electron chi connectivity index (χ4n) is 4.14. The van der Waals surface area contributed by atoms with E-state index in [1.165, 1.54) is 0 Å². The maximum absolute atomic E-state index is 12.8. The Balaban J connectivity index is 1.24. The molecule has 2 amide bonds. The number of ether oxygens (including phenoxy) is 1. The van der Waals surface area contributed by atoms with Gasteiger partial charge in [-0.05, 0) is 60.3 Å². The number of carbonyl (C=O) groups excluding carboxylic acids is 2. The highest BCUT2D eigenvalue weighted by atomic mass is 35.5. The van der Waals surface area contributed by atoms with Crippen molar-refractivity contribution in [1.29, 1.82) is 0 Å². The van der Waals surface area contributed by atoms with Gasteiger partial charge in [0.2, 0.25) is 11.8 Å². The van der Waals surface area contributed by atoms with E-state index in [2.05, 4.69) is 5.32 Å². The molecule has 1 N–H and O–H groups in total. The van der Waals surface area contributed by atoms with Gasteiger partial charge in [-0.1, -0.05) is 54.1 Å². The number of hydrogen-bond donors (Lipinski definition) is 1. The molecule has 1 aliphatic heterocycles. The number of amides is 2. The van der Waals surface area contributed by atoms with Gasteiger partial charge in [0, 0.05) is 34.7 Å². The van der Waals surface area contributed by atoms with Crippen LogP contribution in [-0.4, -0.2) is 18.4 Å². The van der Waals surface area contributed by atoms with Gasteiger partial charge < -0.3 is 15.0 Å². The first-order valence-electron chi connectivity index (χ1n) is 11.1. The van der Waals surface area contributed by atoms with Crippen LogP contribution >= 0.6 is 11.6 Å². The maximum atomic E-state index is 12.8. The van der Waals surface area contributed by atoms with Crippen LogP contribution in [0.4, 0.5) is 11.4 Å². The van der Waals surface area contributed by atoms with Gasteiger partial charge in [0.25, 0.3) is 0 Å². The molecule has 0 aliphatic carbocycles. The summed E-state index contributed by atoms with van der Waals surface area (Å²) in [7, 11) is 0. The van der Waals surface area contributed by atoms with Gasteiger partial charge in [0.05, 0.1) is 5.92 Å². The standard InChI is InChI=1S/C28H23ClN2O3/c1-18-9-12-22(16-25(18)29)31-17-20(15-27(31)32)28(33)30-21-10-13-23(14-11-21)34-26-8-4-6-19-5-2-3-7-24(19)26/h2-14,16,20H,15,17H2,1H3,(H,30,33)/t20-/m1/s1. The van der Waals surface area contributed by atoms with E-state index in [9.17, 15) is 9.59 Å². The van der Waals surface area contributed by atoms with E-state index >= 15 is 0 Å². The number of carbonyl (C=O) groups is 2. The topological polar surface area (TPSA) is 58.6 Å². The molecule has 0 spiro atoms. The molecule has 34 heavy (non-hydrogen) atoms. The van der Waals surface area contributed by atoms with Crippen molar-refractivity contribution in [2.75, 3.05) is 16.8 Å². The van der Waals surface area contributed by atoms with E-state index in [1.807, 2.05) is 73.7 Å². The average Bonchev–Trinajstić information content (AvgIpc) is 3.24. The molecule has 170 valence electrons. The average molecular weight is 471 g/mol. The number of benzene rings is 4. The van der Waals surface area contributed by atoms with Gasteiger partial charge in [-0.2, -0.15) is 0 Å². The summed E-state index contributed by atoms with van der Waals surface area (Å²) in [5.41, 5.74) is 2.31. The van der Waals surface area contributed by atoms with E-state index < -0.39 is 5.92 Å². The molecule has 0 saturated carbocycles. The molecule has 1 atom stereocenters. The Morgan fingerprint density at radius 3 is 2.56 bits per heavy atom. The minimum absolute atomic E-state index is 0.0843. The number of nitrogens with one attached hydrogen (secondary N) is 1. The van der Waals surface area contributed by atoms with Crippen LogP contribution in [0.2, 0.25) is 5.02 Å². The summed E-state index contributed by atoms with van der Waals surface area (Å²) in [5.74, 6) is 0.748. The van der Waals surface area contributed by atoms with Crippen LogP contribution in [0.15, 0.2) is 84.9 Å². The predicted octanol–water partition coefficient (Wildman–Crippen LogP) is 6.59. The third kappa shape index (κ3) is 4.47. The minimum atomic E-state index is -0.431. The third-order valence-corrected chi connectivity index (χ3v) is 6.47. The number of rotatable bonds is 5. The number of aryl methyl sites for hydroxylation is 1. The molecule has 6 heteroatoms. The molecular formula is C28H23ClN2O3. The second-order valence-corrected chi connectivity index (χ2v) is 8.84. The molecule has 4 aromatic carbocycles. The van der Waals surface area contributed by atoms with E-state index in [0.29, 0.717) is 28.7 Å². The summed E-state index contributed by atoms with van der Waals surface area (Å²) in [6.07, 6.45) is 0.166. The fraction of sp³-hybridized carbons (Fsp3) is 0.143. The zero-order valence-electron chi connectivity index (χ0n) is 18.6. The van der Waals surface area contributed by atoms with Crippen molar-refractivity contribution >= 4 is 45.6 Å². The van der Waals surface area contributed by atoms with Crippen LogP contribution in [-0.2, 0) is 9.59 Å². The van der Waals surface area contributed by atoms with Gasteiger partial charge in [-0.15, -0.1) is 0 Å². The van der Waals surface area contributed by atoms with E-state index in [4.69, 9.17) is 16.3 Å². The van der Waals surface area contributed by atoms with Gasteiger partial charge in [0.1, 0.15) is 11.5 Å². The SMILES string of the molecule is Cc1ccc(N2C[C@H](C(=O)Nc3ccc(Oc4cccc5ccccc45)cc3)CC2=O)cc1Cl. The largest absolute Gasteiger partial charge is 0.457 e. The van der Waals surface area contributed by atoms with Crippen LogP contribution in [0, 0.1) is 12.8 Å². The first kappa shape index (κ1) is 22.0. The molecular weight excluding hydrogens is 448 g/mol. The molecule has 0 unspecified atom stereocenters.